The van der Waals surface area contributed by atoms with Crippen LogP contribution in [0.1, 0.15) is 27.2 Å². The van der Waals surface area contributed by atoms with E-state index in [9.17, 15) is 9.59 Å². The lowest BCUT2D eigenvalue weighted by molar-refractivity contribution is 0.0948. The molecule has 0 saturated carbocycles. The Morgan fingerprint density at radius 2 is 1.95 bits per heavy atom. The monoisotopic (exact) mass is 271 g/mol. The summed E-state index contributed by atoms with van der Waals surface area (Å²) in [6.45, 7) is 3.99. The Morgan fingerprint density at radius 1 is 1.30 bits per heavy atom. The average Bonchev–Trinajstić information content (AvgIpc) is 2.44. The fourth-order valence-corrected chi connectivity index (χ4v) is 2.03. The molecule has 2 aromatic rings. The van der Waals surface area contributed by atoms with Gasteiger partial charge in [0.25, 0.3) is 11.5 Å². The Balaban J connectivity index is 2.22. The first-order chi connectivity index (χ1) is 9.50. The first-order valence-electron chi connectivity index (χ1n) is 6.35. The number of carbonyl (C=O) groups excluding carboxylic acids is 1. The maximum absolute atomic E-state index is 12.2. The van der Waals surface area contributed by atoms with E-state index in [0.717, 1.165) is 11.3 Å². The van der Waals surface area contributed by atoms with E-state index in [1.54, 1.807) is 26.4 Å². The van der Waals surface area contributed by atoms with Gasteiger partial charge >= 0.3 is 0 Å². The van der Waals surface area contributed by atoms with E-state index in [1.807, 2.05) is 25.1 Å². The minimum absolute atomic E-state index is 0.201. The van der Waals surface area contributed by atoms with E-state index in [-0.39, 0.29) is 17.0 Å². The first kappa shape index (κ1) is 14.0. The van der Waals surface area contributed by atoms with Crippen molar-refractivity contribution in [1.29, 1.82) is 0 Å². The van der Waals surface area contributed by atoms with Crippen LogP contribution in [0.5, 0.6) is 0 Å². The van der Waals surface area contributed by atoms with Crippen molar-refractivity contribution in [1.82, 2.24) is 14.9 Å². The second-order valence-electron chi connectivity index (χ2n) is 4.75. The normalized spacial score (nSPS) is 10.3. The molecule has 0 saturated heterocycles. The lowest BCUT2D eigenvalue weighted by Crippen LogP contribution is -2.33. The molecule has 1 amide bonds. The summed E-state index contributed by atoms with van der Waals surface area (Å²) >= 11 is 0. The van der Waals surface area contributed by atoms with Crippen molar-refractivity contribution in [3.05, 3.63) is 63.3 Å². The molecule has 2 rings (SSSR count). The zero-order valence-corrected chi connectivity index (χ0v) is 11.8. The topological polar surface area (TPSA) is 64.0 Å². The molecule has 0 bridgehead atoms. The minimum Gasteiger partial charge on any atom is -0.348 e. The molecule has 0 aliphatic carbocycles. The fraction of sp³-hybridized carbons (Fsp3) is 0.267. The van der Waals surface area contributed by atoms with Gasteiger partial charge in [-0.3, -0.25) is 14.6 Å². The first-order valence-corrected chi connectivity index (χ1v) is 6.35. The Kier molecular flexibility index (Phi) is 3.98. The van der Waals surface area contributed by atoms with Crippen LogP contribution < -0.4 is 10.9 Å². The molecule has 0 fully saturated rings. The highest BCUT2D eigenvalue weighted by Gasteiger charge is 2.15. The standard InChI is InChI=1S/C15H17N3O2/c1-10-8-11(2)18(3)15(20)13(10)14(19)17-9-12-4-6-16-7-5-12/h4-8H,9H2,1-3H3,(H,17,19). The van der Waals surface area contributed by atoms with Crippen LogP contribution in [0.25, 0.3) is 0 Å². The quantitative estimate of drug-likeness (QED) is 0.916. The molecule has 2 heterocycles. The molecular weight excluding hydrogens is 254 g/mol. The van der Waals surface area contributed by atoms with E-state index in [4.69, 9.17) is 0 Å². The summed E-state index contributed by atoms with van der Waals surface area (Å²) in [5.41, 5.74) is 2.40. The lowest BCUT2D eigenvalue weighted by atomic mass is 10.1. The molecule has 0 unspecified atom stereocenters. The van der Waals surface area contributed by atoms with Gasteiger partial charge in [0, 0.05) is 31.7 Å². The van der Waals surface area contributed by atoms with Gasteiger partial charge in [0.15, 0.2) is 0 Å². The Bertz CT molecular complexity index is 690. The molecule has 0 spiro atoms. The third-order valence-corrected chi connectivity index (χ3v) is 3.30. The largest absolute Gasteiger partial charge is 0.348 e. The van der Waals surface area contributed by atoms with Crippen molar-refractivity contribution < 1.29 is 4.79 Å². The van der Waals surface area contributed by atoms with Crippen molar-refractivity contribution in [2.75, 3.05) is 0 Å². The van der Waals surface area contributed by atoms with Gasteiger partial charge in [-0.25, -0.2) is 0 Å². The van der Waals surface area contributed by atoms with Crippen LogP contribution in [-0.4, -0.2) is 15.5 Å². The number of nitrogens with zero attached hydrogens (tertiary/aromatic N) is 2. The van der Waals surface area contributed by atoms with Crippen molar-refractivity contribution in [3.8, 4) is 0 Å². The Hall–Kier alpha value is -2.43. The number of hydrogen-bond acceptors (Lipinski definition) is 3. The zero-order chi connectivity index (χ0) is 14.7. The van der Waals surface area contributed by atoms with Gasteiger partial charge in [-0.1, -0.05) is 0 Å². The smallest absolute Gasteiger partial charge is 0.263 e. The van der Waals surface area contributed by atoms with E-state index < -0.39 is 0 Å². The van der Waals surface area contributed by atoms with Crippen LogP contribution in [0.15, 0.2) is 35.4 Å². The molecule has 0 aliphatic heterocycles. The Labute approximate surface area is 117 Å². The molecule has 104 valence electrons. The molecule has 0 aromatic carbocycles. The maximum Gasteiger partial charge on any atom is 0.263 e. The zero-order valence-electron chi connectivity index (χ0n) is 11.8. The van der Waals surface area contributed by atoms with Crippen LogP contribution in [-0.2, 0) is 13.6 Å². The molecule has 5 heteroatoms. The third-order valence-electron chi connectivity index (χ3n) is 3.30. The number of carbonyl (C=O) groups is 1. The van der Waals surface area contributed by atoms with Crippen molar-refractivity contribution in [2.45, 2.75) is 20.4 Å². The van der Waals surface area contributed by atoms with Crippen molar-refractivity contribution in [2.24, 2.45) is 7.05 Å². The fourth-order valence-electron chi connectivity index (χ4n) is 2.03. The molecule has 5 nitrogen and oxygen atoms in total. The van der Waals surface area contributed by atoms with E-state index in [2.05, 4.69) is 10.3 Å². The summed E-state index contributed by atoms with van der Waals surface area (Å²) in [7, 11) is 1.66. The predicted octanol–water partition coefficient (Wildman–Crippen LogP) is 1.33. The third kappa shape index (κ3) is 2.77. The summed E-state index contributed by atoms with van der Waals surface area (Å²) in [5, 5.41) is 2.76. The van der Waals surface area contributed by atoms with Crippen LogP contribution in [0.2, 0.25) is 0 Å². The maximum atomic E-state index is 12.2. The molecule has 2 aromatic heterocycles. The van der Waals surface area contributed by atoms with E-state index in [0.29, 0.717) is 12.1 Å². The SMILES string of the molecule is Cc1cc(C)n(C)c(=O)c1C(=O)NCc1ccncc1. The van der Waals surface area contributed by atoms with Crippen molar-refractivity contribution in [3.63, 3.8) is 0 Å². The molecular formula is C15H17N3O2. The van der Waals surface area contributed by atoms with Crippen LogP contribution >= 0.6 is 0 Å². The number of hydrogen-bond donors (Lipinski definition) is 1. The highest BCUT2D eigenvalue weighted by atomic mass is 16.2. The van der Waals surface area contributed by atoms with Gasteiger partial charge in [0.05, 0.1) is 0 Å². The lowest BCUT2D eigenvalue weighted by Gasteiger charge is -2.11. The summed E-state index contributed by atoms with van der Waals surface area (Å²) < 4.78 is 1.48. The summed E-state index contributed by atoms with van der Waals surface area (Å²) in [6, 6.07) is 5.48. The predicted molar refractivity (Wildman–Crippen MR) is 76.6 cm³/mol. The van der Waals surface area contributed by atoms with Gasteiger partial charge < -0.3 is 9.88 Å². The number of nitrogens with one attached hydrogen (secondary N) is 1. The average molecular weight is 271 g/mol. The highest BCUT2D eigenvalue weighted by molar-refractivity contribution is 5.95. The summed E-state index contributed by atoms with van der Waals surface area (Å²) in [4.78, 5) is 28.3. The molecule has 0 radical (unpaired) electrons. The number of amides is 1. The van der Waals surface area contributed by atoms with Gasteiger partial charge in [0.1, 0.15) is 5.56 Å². The molecule has 0 atom stereocenters. The molecule has 1 N–H and O–H groups in total. The summed E-state index contributed by atoms with van der Waals surface area (Å²) in [5.74, 6) is -0.347. The number of rotatable bonds is 3. The van der Waals surface area contributed by atoms with E-state index >= 15 is 0 Å². The second-order valence-corrected chi connectivity index (χ2v) is 4.75. The highest BCUT2D eigenvalue weighted by Crippen LogP contribution is 2.06. The van der Waals surface area contributed by atoms with E-state index in [1.165, 1.54) is 4.57 Å². The minimum atomic E-state index is -0.347. The Morgan fingerprint density at radius 3 is 2.60 bits per heavy atom. The van der Waals surface area contributed by atoms with Crippen LogP contribution in [0.4, 0.5) is 0 Å². The van der Waals surface area contributed by atoms with Gasteiger partial charge in [-0.2, -0.15) is 0 Å². The second kappa shape index (κ2) is 5.69. The summed E-state index contributed by atoms with van der Waals surface area (Å²) in [6.07, 6.45) is 3.33. The van der Waals surface area contributed by atoms with Crippen LogP contribution in [0, 0.1) is 13.8 Å². The van der Waals surface area contributed by atoms with Crippen LogP contribution in [0.3, 0.4) is 0 Å². The number of aryl methyl sites for hydroxylation is 2. The van der Waals surface area contributed by atoms with Gasteiger partial charge in [-0.15, -0.1) is 0 Å². The number of aromatic nitrogens is 2. The number of pyridine rings is 2. The van der Waals surface area contributed by atoms with Gasteiger partial charge in [-0.05, 0) is 43.2 Å². The molecule has 20 heavy (non-hydrogen) atoms. The molecule has 0 aliphatic rings. The van der Waals surface area contributed by atoms with Crippen molar-refractivity contribution >= 4 is 5.91 Å². The van der Waals surface area contributed by atoms with Gasteiger partial charge in [0.2, 0.25) is 0 Å².